The highest BCUT2D eigenvalue weighted by molar-refractivity contribution is 7.88. The number of carbonyl (C=O) groups is 1. The van der Waals surface area contributed by atoms with E-state index in [2.05, 4.69) is 4.72 Å². The summed E-state index contributed by atoms with van der Waals surface area (Å²) < 4.78 is 85.1. The first kappa shape index (κ1) is 25.6. The molecule has 190 valence electrons. The molecule has 2 aromatic rings. The van der Waals surface area contributed by atoms with Crippen molar-refractivity contribution in [2.24, 2.45) is 0 Å². The van der Waals surface area contributed by atoms with Crippen molar-refractivity contribution in [3.8, 4) is 11.1 Å². The molecular weight excluding hydrogens is 488 g/mol. The van der Waals surface area contributed by atoms with Crippen molar-refractivity contribution in [2.75, 3.05) is 6.26 Å². The largest absolute Gasteiger partial charge is 0.381 e. The molecule has 2 bridgehead atoms. The summed E-state index contributed by atoms with van der Waals surface area (Å²) in [6.45, 7) is 2.53. The summed E-state index contributed by atoms with van der Waals surface area (Å²) in [5.41, 5.74) is -3.94. The van der Waals surface area contributed by atoms with E-state index in [-0.39, 0.29) is 36.0 Å². The Morgan fingerprint density at radius 1 is 1.17 bits per heavy atom. The Labute approximate surface area is 201 Å². The van der Waals surface area contributed by atoms with Crippen molar-refractivity contribution in [1.82, 2.24) is 9.62 Å². The first-order valence-corrected chi connectivity index (χ1v) is 12.9. The summed E-state index contributed by atoms with van der Waals surface area (Å²) in [6, 6.07) is 3.61. The van der Waals surface area contributed by atoms with Gasteiger partial charge in [0, 0.05) is 30.5 Å². The van der Waals surface area contributed by atoms with E-state index >= 15 is 8.78 Å². The van der Waals surface area contributed by atoms with Crippen LogP contribution in [0.4, 0.5) is 17.6 Å². The van der Waals surface area contributed by atoms with Crippen LogP contribution in [0.2, 0.25) is 0 Å². The highest BCUT2D eigenvalue weighted by atomic mass is 32.2. The predicted molar refractivity (Wildman–Crippen MR) is 121 cm³/mol. The summed E-state index contributed by atoms with van der Waals surface area (Å²) in [5, 5.41) is 10.4. The van der Waals surface area contributed by atoms with Crippen LogP contribution in [0.25, 0.3) is 11.1 Å². The molecular formula is C24H26F4N2O4S. The second kappa shape index (κ2) is 8.56. The monoisotopic (exact) mass is 514 g/mol. The van der Waals surface area contributed by atoms with Crippen LogP contribution in [-0.2, 0) is 21.2 Å². The van der Waals surface area contributed by atoms with Crippen LogP contribution in [0, 0.1) is 17.5 Å². The van der Waals surface area contributed by atoms with Gasteiger partial charge in [-0.05, 0) is 43.5 Å². The van der Waals surface area contributed by atoms with Gasteiger partial charge < -0.3 is 10.0 Å². The van der Waals surface area contributed by atoms with Crippen molar-refractivity contribution in [3.05, 3.63) is 59.4 Å². The number of nitrogens with zero attached hydrogens (tertiary/aromatic N) is 1. The Morgan fingerprint density at radius 2 is 1.77 bits per heavy atom. The second-order valence-electron chi connectivity index (χ2n) is 9.94. The lowest BCUT2D eigenvalue weighted by molar-refractivity contribution is -0.181. The summed E-state index contributed by atoms with van der Waals surface area (Å²) in [5.74, 6) is -3.36. The van der Waals surface area contributed by atoms with E-state index in [0.717, 1.165) is 18.4 Å². The standard InChI is InChI=1S/C24H26F4N2O4S/c1-23(2,32)22(31)30-17-11-24(28,12-17)21(29-35(3,33)34)19(30)9-13-5-4-6-18(20(13)27)14-7-15(25)10-16(26)8-14/h4-8,10,17,19,21,29,32H,9,11-12H2,1-3H3. The number of hydrogen-bond donors (Lipinski definition) is 2. The number of benzene rings is 2. The van der Waals surface area contributed by atoms with Crippen LogP contribution in [0.15, 0.2) is 36.4 Å². The molecule has 1 saturated carbocycles. The van der Waals surface area contributed by atoms with Gasteiger partial charge in [0.15, 0.2) is 0 Å². The molecule has 2 unspecified atom stereocenters. The fourth-order valence-corrected chi connectivity index (χ4v) is 5.94. The van der Waals surface area contributed by atoms with Gasteiger partial charge in [0.1, 0.15) is 28.7 Å². The number of carbonyl (C=O) groups excluding carboxylic acids is 1. The summed E-state index contributed by atoms with van der Waals surface area (Å²) in [7, 11) is -3.92. The third-order valence-electron chi connectivity index (χ3n) is 6.62. The molecule has 6 nitrogen and oxygen atoms in total. The van der Waals surface area contributed by atoms with Crippen molar-refractivity contribution >= 4 is 15.9 Å². The van der Waals surface area contributed by atoms with Crippen LogP contribution in [0.1, 0.15) is 32.3 Å². The number of aliphatic hydroxyl groups is 1. The van der Waals surface area contributed by atoms with Crippen LogP contribution in [-0.4, -0.2) is 60.0 Å². The normalized spacial score (nSPS) is 26.4. The number of sulfonamides is 1. The van der Waals surface area contributed by atoms with Crippen LogP contribution < -0.4 is 4.72 Å². The average molecular weight is 515 g/mol. The van der Waals surface area contributed by atoms with Crippen LogP contribution in [0.3, 0.4) is 0 Å². The van der Waals surface area contributed by atoms with Crippen molar-refractivity contribution in [3.63, 3.8) is 0 Å². The van der Waals surface area contributed by atoms with Gasteiger partial charge in [-0.25, -0.2) is 30.7 Å². The minimum Gasteiger partial charge on any atom is -0.381 e. The van der Waals surface area contributed by atoms with E-state index in [4.69, 9.17) is 0 Å². The molecule has 2 aliphatic heterocycles. The lowest BCUT2D eigenvalue weighted by Gasteiger charge is -2.61. The molecule has 2 atom stereocenters. The Hall–Kier alpha value is -2.50. The smallest absolute Gasteiger partial charge is 0.254 e. The minimum absolute atomic E-state index is 0.00378. The fraction of sp³-hybridized carbons (Fsp3) is 0.458. The van der Waals surface area contributed by atoms with Gasteiger partial charge in [-0.2, -0.15) is 0 Å². The van der Waals surface area contributed by atoms with E-state index in [1.165, 1.54) is 36.9 Å². The summed E-state index contributed by atoms with van der Waals surface area (Å²) in [4.78, 5) is 14.4. The minimum atomic E-state index is -3.92. The second-order valence-corrected chi connectivity index (χ2v) is 11.7. The molecule has 1 aliphatic carbocycles. The first-order valence-electron chi connectivity index (χ1n) is 11.0. The van der Waals surface area contributed by atoms with Gasteiger partial charge in [0.2, 0.25) is 10.0 Å². The molecule has 2 N–H and O–H groups in total. The molecule has 11 heteroatoms. The molecule has 2 aromatic carbocycles. The number of nitrogens with one attached hydrogen (secondary N) is 1. The average Bonchev–Trinajstić information content (AvgIpc) is 2.68. The highest BCUT2D eigenvalue weighted by Crippen LogP contribution is 2.50. The number of fused-ring (bicyclic) bond motifs is 2. The highest BCUT2D eigenvalue weighted by Gasteiger charge is 2.64. The Morgan fingerprint density at radius 3 is 2.31 bits per heavy atom. The lowest BCUT2D eigenvalue weighted by atomic mass is 9.64. The van der Waals surface area contributed by atoms with Gasteiger partial charge in [0.25, 0.3) is 5.91 Å². The van der Waals surface area contributed by atoms with Gasteiger partial charge in [-0.1, -0.05) is 18.2 Å². The molecule has 35 heavy (non-hydrogen) atoms. The maximum atomic E-state index is 15.6. The maximum absolute atomic E-state index is 15.6. The molecule has 2 saturated heterocycles. The molecule has 2 heterocycles. The molecule has 1 amide bonds. The van der Waals surface area contributed by atoms with Crippen molar-refractivity contribution in [2.45, 2.75) is 62.5 Å². The first-order chi connectivity index (χ1) is 16.1. The maximum Gasteiger partial charge on any atom is 0.254 e. The van der Waals surface area contributed by atoms with E-state index in [1.807, 2.05) is 0 Å². The SMILES string of the molecule is CC(C)(O)C(=O)N1C2CC(F)(C2)C(NS(C)(=O)=O)C1Cc1cccc(-c2cc(F)cc(F)c2)c1F. The van der Waals surface area contributed by atoms with Gasteiger partial charge in [-0.3, -0.25) is 4.79 Å². The molecule has 0 radical (unpaired) electrons. The van der Waals surface area contributed by atoms with Gasteiger partial charge in [-0.15, -0.1) is 0 Å². The summed E-state index contributed by atoms with van der Waals surface area (Å²) in [6.07, 6.45) is 0.321. The van der Waals surface area contributed by atoms with E-state index in [9.17, 15) is 27.1 Å². The zero-order valence-electron chi connectivity index (χ0n) is 19.4. The Kier molecular flexibility index (Phi) is 6.26. The summed E-state index contributed by atoms with van der Waals surface area (Å²) >= 11 is 0. The molecule has 5 rings (SSSR count). The quantitative estimate of drug-likeness (QED) is 0.581. The number of halogens is 4. The van der Waals surface area contributed by atoms with Gasteiger partial charge >= 0.3 is 0 Å². The topological polar surface area (TPSA) is 86.7 Å². The number of amides is 1. The third-order valence-corrected chi connectivity index (χ3v) is 7.31. The molecule has 0 spiro atoms. The zero-order valence-corrected chi connectivity index (χ0v) is 20.2. The van der Waals surface area contributed by atoms with E-state index in [1.54, 1.807) is 0 Å². The number of rotatable bonds is 6. The number of alkyl halides is 1. The van der Waals surface area contributed by atoms with Gasteiger partial charge in [0.05, 0.1) is 18.3 Å². The third kappa shape index (κ3) is 4.94. The fourth-order valence-electron chi connectivity index (χ4n) is 5.11. The predicted octanol–water partition coefficient (Wildman–Crippen LogP) is 3.08. The molecule has 3 aliphatic rings. The Bertz CT molecular complexity index is 1250. The Balaban J connectivity index is 1.78. The number of piperidine rings is 2. The van der Waals surface area contributed by atoms with E-state index < -0.39 is 62.8 Å². The number of hydrogen-bond acceptors (Lipinski definition) is 4. The van der Waals surface area contributed by atoms with Crippen molar-refractivity contribution < 1.29 is 35.9 Å². The van der Waals surface area contributed by atoms with Crippen molar-refractivity contribution in [1.29, 1.82) is 0 Å². The lowest BCUT2D eigenvalue weighted by Crippen LogP contribution is -2.78. The molecule has 3 fully saturated rings. The van der Waals surface area contributed by atoms with E-state index in [0.29, 0.717) is 6.07 Å². The molecule has 0 aromatic heterocycles. The zero-order chi connectivity index (χ0) is 25.9. The van der Waals surface area contributed by atoms with Crippen LogP contribution >= 0.6 is 0 Å². The van der Waals surface area contributed by atoms with Crippen LogP contribution in [0.5, 0.6) is 0 Å².